The highest BCUT2D eigenvalue weighted by molar-refractivity contribution is 9.10. The molecule has 0 saturated heterocycles. The Kier molecular flexibility index (Phi) is 3.59. The predicted molar refractivity (Wildman–Crippen MR) is 83.6 cm³/mol. The summed E-state index contributed by atoms with van der Waals surface area (Å²) in [7, 11) is 0. The van der Waals surface area contributed by atoms with Gasteiger partial charge in [-0.3, -0.25) is 4.79 Å². The maximum absolute atomic E-state index is 11.4. The lowest BCUT2D eigenvalue weighted by Crippen LogP contribution is -2.13. The van der Waals surface area contributed by atoms with E-state index in [1.54, 1.807) is 0 Å². The SMILES string of the molecule is NC(Cc1cccc(Br)c1)c1ccc2c(c1)CC(=O)N2. The zero-order valence-corrected chi connectivity index (χ0v) is 12.5. The third-order valence-electron chi connectivity index (χ3n) is 3.53. The van der Waals surface area contributed by atoms with E-state index in [1.165, 1.54) is 5.56 Å². The summed E-state index contributed by atoms with van der Waals surface area (Å²) in [6.45, 7) is 0. The summed E-state index contributed by atoms with van der Waals surface area (Å²) in [5, 5.41) is 2.83. The van der Waals surface area contributed by atoms with Crippen LogP contribution in [0.2, 0.25) is 0 Å². The van der Waals surface area contributed by atoms with E-state index < -0.39 is 0 Å². The van der Waals surface area contributed by atoms with Crippen molar-refractivity contribution in [3.63, 3.8) is 0 Å². The van der Waals surface area contributed by atoms with Crippen molar-refractivity contribution >= 4 is 27.5 Å². The zero-order chi connectivity index (χ0) is 14.1. The molecule has 3 rings (SSSR count). The van der Waals surface area contributed by atoms with Gasteiger partial charge >= 0.3 is 0 Å². The Morgan fingerprint density at radius 2 is 2.10 bits per heavy atom. The van der Waals surface area contributed by atoms with Crippen LogP contribution in [0.15, 0.2) is 46.9 Å². The van der Waals surface area contributed by atoms with E-state index in [0.29, 0.717) is 6.42 Å². The van der Waals surface area contributed by atoms with Crippen molar-refractivity contribution in [1.82, 2.24) is 0 Å². The number of benzene rings is 2. The fourth-order valence-corrected chi connectivity index (χ4v) is 2.96. The van der Waals surface area contributed by atoms with E-state index >= 15 is 0 Å². The van der Waals surface area contributed by atoms with Gasteiger partial charge in [0.15, 0.2) is 0 Å². The van der Waals surface area contributed by atoms with Crippen LogP contribution in [0.1, 0.15) is 22.7 Å². The molecule has 4 heteroatoms. The van der Waals surface area contributed by atoms with E-state index in [-0.39, 0.29) is 11.9 Å². The van der Waals surface area contributed by atoms with Crippen LogP contribution in [0.3, 0.4) is 0 Å². The minimum Gasteiger partial charge on any atom is -0.326 e. The normalized spacial score (nSPS) is 14.8. The van der Waals surface area contributed by atoms with Crippen LogP contribution in [0, 0.1) is 0 Å². The standard InChI is InChI=1S/C16H15BrN2O/c17-13-3-1-2-10(6-13)7-14(18)11-4-5-15-12(8-11)9-16(20)19-15/h1-6,8,14H,7,9,18H2,(H,19,20). The van der Waals surface area contributed by atoms with Crippen LogP contribution in [0.4, 0.5) is 5.69 Å². The number of nitrogens with two attached hydrogens (primary N) is 1. The van der Waals surface area contributed by atoms with E-state index in [1.807, 2.05) is 30.3 Å². The molecule has 0 saturated carbocycles. The Morgan fingerprint density at radius 3 is 2.90 bits per heavy atom. The first-order valence-corrected chi connectivity index (χ1v) is 7.34. The molecule has 1 amide bonds. The van der Waals surface area contributed by atoms with Gasteiger partial charge in [0.25, 0.3) is 0 Å². The van der Waals surface area contributed by atoms with Gasteiger partial charge in [-0.05, 0) is 41.3 Å². The summed E-state index contributed by atoms with van der Waals surface area (Å²) >= 11 is 3.47. The Morgan fingerprint density at radius 1 is 1.25 bits per heavy atom. The maximum atomic E-state index is 11.4. The number of fused-ring (bicyclic) bond motifs is 1. The molecular formula is C16H15BrN2O. The van der Waals surface area contributed by atoms with E-state index in [4.69, 9.17) is 5.73 Å². The molecule has 0 aliphatic carbocycles. The smallest absolute Gasteiger partial charge is 0.228 e. The summed E-state index contributed by atoms with van der Waals surface area (Å²) in [5.74, 6) is 0.0534. The number of amides is 1. The van der Waals surface area contributed by atoms with Gasteiger partial charge < -0.3 is 11.1 Å². The topological polar surface area (TPSA) is 55.1 Å². The predicted octanol–water partition coefficient (Wildman–Crippen LogP) is 3.19. The molecule has 0 spiro atoms. The summed E-state index contributed by atoms with van der Waals surface area (Å²) in [6, 6.07) is 14.1. The number of carbonyl (C=O) groups excluding carboxylic acids is 1. The maximum Gasteiger partial charge on any atom is 0.228 e. The monoisotopic (exact) mass is 330 g/mol. The quantitative estimate of drug-likeness (QED) is 0.908. The first-order chi connectivity index (χ1) is 9.61. The second-order valence-electron chi connectivity index (χ2n) is 5.08. The lowest BCUT2D eigenvalue weighted by atomic mass is 9.97. The van der Waals surface area contributed by atoms with Crippen molar-refractivity contribution in [2.24, 2.45) is 5.73 Å². The summed E-state index contributed by atoms with van der Waals surface area (Å²) in [5.41, 5.74) is 10.5. The molecule has 2 aromatic carbocycles. The summed E-state index contributed by atoms with van der Waals surface area (Å²) in [4.78, 5) is 11.4. The Hall–Kier alpha value is -1.65. The summed E-state index contributed by atoms with van der Waals surface area (Å²) < 4.78 is 1.06. The molecule has 3 nitrogen and oxygen atoms in total. The second kappa shape index (κ2) is 5.38. The molecule has 1 aliphatic rings. The van der Waals surface area contributed by atoms with Gasteiger partial charge in [-0.2, -0.15) is 0 Å². The third-order valence-corrected chi connectivity index (χ3v) is 4.02. The molecule has 1 aliphatic heterocycles. The molecule has 0 bridgehead atoms. The van der Waals surface area contributed by atoms with E-state index in [2.05, 4.69) is 33.4 Å². The first-order valence-electron chi connectivity index (χ1n) is 6.54. The average Bonchev–Trinajstić information content (AvgIpc) is 2.77. The second-order valence-corrected chi connectivity index (χ2v) is 6.00. The van der Waals surface area contributed by atoms with Crippen LogP contribution in [0.25, 0.3) is 0 Å². The van der Waals surface area contributed by atoms with Crippen molar-refractivity contribution in [3.05, 3.63) is 63.6 Å². The largest absolute Gasteiger partial charge is 0.326 e. The third kappa shape index (κ3) is 2.76. The number of hydrogen-bond acceptors (Lipinski definition) is 2. The molecule has 0 radical (unpaired) electrons. The first kappa shape index (κ1) is 13.3. The number of anilines is 1. The van der Waals surface area contributed by atoms with Gasteiger partial charge in [0.1, 0.15) is 0 Å². The Balaban J connectivity index is 1.79. The Bertz CT molecular complexity index is 669. The molecule has 0 aromatic heterocycles. The highest BCUT2D eigenvalue weighted by atomic mass is 79.9. The lowest BCUT2D eigenvalue weighted by Gasteiger charge is -2.13. The number of nitrogens with one attached hydrogen (secondary N) is 1. The molecule has 0 fully saturated rings. The van der Waals surface area contributed by atoms with E-state index in [0.717, 1.165) is 27.7 Å². The van der Waals surface area contributed by atoms with Crippen molar-refractivity contribution in [2.75, 3.05) is 5.32 Å². The molecule has 1 unspecified atom stereocenters. The van der Waals surface area contributed by atoms with Gasteiger partial charge in [-0.15, -0.1) is 0 Å². The van der Waals surface area contributed by atoms with Crippen LogP contribution in [0.5, 0.6) is 0 Å². The van der Waals surface area contributed by atoms with Gasteiger partial charge in [0.2, 0.25) is 5.91 Å². The molecule has 1 atom stereocenters. The molecule has 2 aromatic rings. The molecule has 20 heavy (non-hydrogen) atoms. The fraction of sp³-hybridized carbons (Fsp3) is 0.188. The fourth-order valence-electron chi connectivity index (χ4n) is 2.52. The number of rotatable bonds is 3. The molecule has 102 valence electrons. The Labute approximate surface area is 126 Å². The van der Waals surface area contributed by atoms with Crippen molar-refractivity contribution in [1.29, 1.82) is 0 Å². The minimum absolute atomic E-state index is 0.0534. The highest BCUT2D eigenvalue weighted by Gasteiger charge is 2.19. The highest BCUT2D eigenvalue weighted by Crippen LogP contribution is 2.27. The van der Waals surface area contributed by atoms with Gasteiger partial charge in [0.05, 0.1) is 6.42 Å². The van der Waals surface area contributed by atoms with Crippen LogP contribution in [-0.2, 0) is 17.6 Å². The van der Waals surface area contributed by atoms with Gasteiger partial charge in [0, 0.05) is 16.2 Å². The van der Waals surface area contributed by atoms with Crippen LogP contribution in [-0.4, -0.2) is 5.91 Å². The average molecular weight is 331 g/mol. The van der Waals surface area contributed by atoms with Crippen LogP contribution < -0.4 is 11.1 Å². The number of hydrogen-bond donors (Lipinski definition) is 2. The molecule has 1 heterocycles. The summed E-state index contributed by atoms with van der Waals surface area (Å²) in [6.07, 6.45) is 1.23. The van der Waals surface area contributed by atoms with Gasteiger partial charge in [-0.1, -0.05) is 40.2 Å². The minimum atomic E-state index is -0.0645. The van der Waals surface area contributed by atoms with Crippen molar-refractivity contribution < 1.29 is 4.79 Å². The lowest BCUT2D eigenvalue weighted by molar-refractivity contribution is -0.115. The molecular weight excluding hydrogens is 316 g/mol. The zero-order valence-electron chi connectivity index (χ0n) is 10.9. The number of halogens is 1. The van der Waals surface area contributed by atoms with Crippen molar-refractivity contribution in [3.8, 4) is 0 Å². The number of carbonyl (C=O) groups is 1. The van der Waals surface area contributed by atoms with E-state index in [9.17, 15) is 4.79 Å². The van der Waals surface area contributed by atoms with Gasteiger partial charge in [-0.25, -0.2) is 0 Å². The van der Waals surface area contributed by atoms with Crippen LogP contribution >= 0.6 is 15.9 Å². The molecule has 3 N–H and O–H groups in total. The van der Waals surface area contributed by atoms with Crippen molar-refractivity contribution in [2.45, 2.75) is 18.9 Å².